The van der Waals surface area contributed by atoms with E-state index in [9.17, 15) is 9.59 Å². The summed E-state index contributed by atoms with van der Waals surface area (Å²) in [5.74, 6) is -1.25. The number of nitrogens with zero attached hydrogens (tertiary/aromatic N) is 2. The van der Waals surface area contributed by atoms with Crippen molar-refractivity contribution in [3.63, 3.8) is 0 Å². The normalized spacial score (nSPS) is 17.2. The molecule has 0 saturated carbocycles. The Balaban J connectivity index is 1.42. The van der Waals surface area contributed by atoms with Crippen molar-refractivity contribution in [2.75, 3.05) is 38.1 Å². The molecule has 0 unspecified atom stereocenters. The molecule has 1 atom stereocenters. The van der Waals surface area contributed by atoms with Crippen molar-refractivity contribution < 1.29 is 9.59 Å². The molecule has 0 bridgehead atoms. The molecule has 0 aromatic heterocycles. The van der Waals surface area contributed by atoms with Crippen LogP contribution in [0.4, 0.5) is 5.69 Å². The average molecular weight is 469 g/mol. The van der Waals surface area contributed by atoms with Gasteiger partial charge in [0.05, 0.1) is 6.04 Å². The Morgan fingerprint density at radius 2 is 1.73 bits per heavy atom. The van der Waals surface area contributed by atoms with E-state index >= 15 is 0 Å². The van der Waals surface area contributed by atoms with E-state index in [4.69, 9.17) is 11.6 Å². The molecular formula is C26H33ClN4O2. The number of likely N-dealkylation sites (tertiary alicyclic amines) is 1. The molecule has 2 amide bonds. The molecule has 7 heteroatoms. The van der Waals surface area contributed by atoms with Crippen LogP contribution in [-0.4, -0.2) is 49.9 Å². The van der Waals surface area contributed by atoms with Gasteiger partial charge in [0.1, 0.15) is 0 Å². The third-order valence-electron chi connectivity index (χ3n) is 6.73. The number of aryl methyl sites for hydroxylation is 1. The Bertz CT molecular complexity index is 990. The van der Waals surface area contributed by atoms with Crippen LogP contribution >= 0.6 is 11.6 Å². The summed E-state index contributed by atoms with van der Waals surface area (Å²) in [4.78, 5) is 29.7. The maximum absolute atomic E-state index is 12.6. The fraction of sp³-hybridized carbons (Fsp3) is 0.462. The number of piperidine rings is 1. The van der Waals surface area contributed by atoms with Crippen LogP contribution in [0.2, 0.25) is 5.02 Å². The minimum Gasteiger partial charge on any atom is -0.374 e. The number of rotatable bonds is 6. The van der Waals surface area contributed by atoms with E-state index < -0.39 is 11.8 Å². The van der Waals surface area contributed by atoms with Gasteiger partial charge in [0, 0.05) is 37.4 Å². The largest absolute Gasteiger partial charge is 0.374 e. The summed E-state index contributed by atoms with van der Waals surface area (Å²) in [7, 11) is 2.14. The first-order chi connectivity index (χ1) is 16.0. The highest BCUT2D eigenvalue weighted by Gasteiger charge is 2.25. The molecule has 0 spiro atoms. The van der Waals surface area contributed by atoms with Crippen molar-refractivity contribution in [2.45, 2.75) is 44.7 Å². The van der Waals surface area contributed by atoms with E-state index in [0.717, 1.165) is 50.9 Å². The molecule has 2 N–H and O–H groups in total. The van der Waals surface area contributed by atoms with Crippen LogP contribution in [0.1, 0.15) is 48.4 Å². The molecule has 2 aliphatic rings. The van der Waals surface area contributed by atoms with Crippen LogP contribution in [0.15, 0.2) is 42.5 Å². The topological polar surface area (TPSA) is 64.7 Å². The molecule has 0 aliphatic carbocycles. The number of carbonyl (C=O) groups excluding carboxylic acids is 2. The fourth-order valence-electron chi connectivity index (χ4n) is 4.87. The second-order valence-electron chi connectivity index (χ2n) is 9.01. The smallest absolute Gasteiger partial charge is 0.309 e. The van der Waals surface area contributed by atoms with Gasteiger partial charge in [-0.3, -0.25) is 14.5 Å². The molecule has 176 valence electrons. The molecule has 2 aromatic carbocycles. The van der Waals surface area contributed by atoms with Crippen molar-refractivity contribution in [1.29, 1.82) is 0 Å². The Kier molecular flexibility index (Phi) is 7.89. The SMILES string of the molecule is CN1CCCc2cc([C@@H](CNC(=O)C(=O)NCc3ccccc3Cl)N3CCCCC3)ccc21. The summed E-state index contributed by atoms with van der Waals surface area (Å²) in [5.41, 5.74) is 4.66. The first kappa shape index (κ1) is 23.6. The lowest BCUT2D eigenvalue weighted by Gasteiger charge is -2.36. The second kappa shape index (κ2) is 11.0. The average Bonchev–Trinajstić information content (AvgIpc) is 2.84. The molecular weight excluding hydrogens is 436 g/mol. The zero-order valence-corrected chi connectivity index (χ0v) is 20.0. The summed E-state index contributed by atoms with van der Waals surface area (Å²) >= 11 is 6.14. The van der Waals surface area contributed by atoms with E-state index in [2.05, 4.69) is 45.7 Å². The van der Waals surface area contributed by atoms with Gasteiger partial charge in [0.15, 0.2) is 0 Å². The number of fused-ring (bicyclic) bond motifs is 1. The third kappa shape index (κ3) is 5.87. The van der Waals surface area contributed by atoms with Crippen molar-refractivity contribution in [1.82, 2.24) is 15.5 Å². The summed E-state index contributed by atoms with van der Waals surface area (Å²) in [5, 5.41) is 6.13. The predicted molar refractivity (Wildman–Crippen MR) is 133 cm³/mol. The minimum absolute atomic E-state index is 0.0585. The number of hydrogen-bond acceptors (Lipinski definition) is 4. The van der Waals surface area contributed by atoms with Crippen molar-refractivity contribution in [2.24, 2.45) is 0 Å². The zero-order chi connectivity index (χ0) is 23.2. The molecule has 2 aliphatic heterocycles. The molecule has 4 rings (SSSR count). The fourth-order valence-corrected chi connectivity index (χ4v) is 5.07. The molecule has 1 fully saturated rings. The van der Waals surface area contributed by atoms with Gasteiger partial charge in [0.25, 0.3) is 0 Å². The second-order valence-corrected chi connectivity index (χ2v) is 9.42. The number of hydrogen-bond donors (Lipinski definition) is 2. The van der Waals surface area contributed by atoms with Crippen LogP contribution in [0.3, 0.4) is 0 Å². The highest BCUT2D eigenvalue weighted by molar-refractivity contribution is 6.35. The summed E-state index contributed by atoms with van der Waals surface area (Å²) in [6, 6.07) is 14.0. The standard InChI is InChI=1S/C26H33ClN4O2/c1-30-13-7-9-19-16-20(11-12-23(19)30)24(31-14-5-2-6-15-31)18-29-26(33)25(32)28-17-21-8-3-4-10-22(21)27/h3-4,8,10-12,16,24H,2,5-7,9,13-15,17-18H2,1H3,(H,28,32)(H,29,33)/t24-/m1/s1. The number of anilines is 1. The van der Waals surface area contributed by atoms with Gasteiger partial charge in [0.2, 0.25) is 0 Å². The van der Waals surface area contributed by atoms with Gasteiger partial charge < -0.3 is 15.5 Å². The zero-order valence-electron chi connectivity index (χ0n) is 19.3. The molecule has 2 aromatic rings. The van der Waals surface area contributed by atoms with Gasteiger partial charge in [-0.15, -0.1) is 0 Å². The van der Waals surface area contributed by atoms with Gasteiger partial charge in [-0.1, -0.05) is 48.4 Å². The summed E-state index contributed by atoms with van der Waals surface area (Å²) < 4.78 is 0. The van der Waals surface area contributed by atoms with Crippen molar-refractivity contribution >= 4 is 29.1 Å². The minimum atomic E-state index is -0.639. The van der Waals surface area contributed by atoms with Gasteiger partial charge >= 0.3 is 11.8 Å². The maximum Gasteiger partial charge on any atom is 0.309 e. The maximum atomic E-state index is 12.6. The predicted octanol–water partition coefficient (Wildman–Crippen LogP) is 3.68. The van der Waals surface area contributed by atoms with Gasteiger partial charge in [-0.2, -0.15) is 0 Å². The number of nitrogens with one attached hydrogen (secondary N) is 2. The monoisotopic (exact) mass is 468 g/mol. The number of amides is 2. The van der Waals surface area contributed by atoms with Crippen LogP contribution in [0.5, 0.6) is 0 Å². The summed E-state index contributed by atoms with van der Waals surface area (Å²) in [6.07, 6.45) is 5.81. The van der Waals surface area contributed by atoms with Crippen LogP contribution < -0.4 is 15.5 Å². The van der Waals surface area contributed by atoms with Crippen LogP contribution in [-0.2, 0) is 22.6 Å². The first-order valence-corrected chi connectivity index (χ1v) is 12.3. The van der Waals surface area contributed by atoms with E-state index in [0.29, 0.717) is 11.6 Å². The lowest BCUT2D eigenvalue weighted by atomic mass is 9.95. The molecule has 1 saturated heterocycles. The van der Waals surface area contributed by atoms with E-state index in [1.54, 1.807) is 6.07 Å². The third-order valence-corrected chi connectivity index (χ3v) is 7.10. The lowest BCUT2D eigenvalue weighted by Crippen LogP contribution is -2.45. The Morgan fingerprint density at radius 3 is 2.52 bits per heavy atom. The van der Waals surface area contributed by atoms with Crippen molar-refractivity contribution in [3.8, 4) is 0 Å². The van der Waals surface area contributed by atoms with E-state index in [1.807, 2.05) is 18.2 Å². The number of carbonyl (C=O) groups is 2. The molecule has 0 radical (unpaired) electrons. The summed E-state index contributed by atoms with van der Waals surface area (Å²) in [6.45, 7) is 3.74. The van der Waals surface area contributed by atoms with Gasteiger partial charge in [-0.25, -0.2) is 0 Å². The first-order valence-electron chi connectivity index (χ1n) is 11.9. The highest BCUT2D eigenvalue weighted by atomic mass is 35.5. The van der Waals surface area contributed by atoms with Gasteiger partial charge in [-0.05, 0) is 67.6 Å². The van der Waals surface area contributed by atoms with E-state index in [1.165, 1.54) is 23.2 Å². The lowest BCUT2D eigenvalue weighted by molar-refractivity contribution is -0.139. The molecule has 33 heavy (non-hydrogen) atoms. The number of benzene rings is 2. The van der Waals surface area contributed by atoms with Crippen molar-refractivity contribution in [3.05, 3.63) is 64.2 Å². The Hall–Kier alpha value is -2.57. The highest BCUT2D eigenvalue weighted by Crippen LogP contribution is 2.31. The molecule has 2 heterocycles. The quantitative estimate of drug-likeness (QED) is 0.635. The van der Waals surface area contributed by atoms with E-state index in [-0.39, 0.29) is 12.6 Å². The van der Waals surface area contributed by atoms with Crippen LogP contribution in [0.25, 0.3) is 0 Å². The number of halogens is 1. The van der Waals surface area contributed by atoms with Crippen LogP contribution in [0, 0.1) is 0 Å². The molecule has 6 nitrogen and oxygen atoms in total. The Morgan fingerprint density at radius 1 is 0.970 bits per heavy atom. The Labute approximate surface area is 201 Å².